The molecule has 1 aromatic carbocycles. The van der Waals surface area contributed by atoms with Gasteiger partial charge in [0.05, 0.1) is 12.8 Å². The number of carbonyl (C=O) groups is 2. The third kappa shape index (κ3) is 4.53. The number of carboxylic acids is 1. The molecular weight excluding hydrogens is 300 g/mol. The van der Waals surface area contributed by atoms with Crippen molar-refractivity contribution < 1.29 is 19.4 Å². The Morgan fingerprint density at radius 3 is 2.57 bits per heavy atom. The van der Waals surface area contributed by atoms with Gasteiger partial charge in [-0.05, 0) is 24.6 Å². The molecule has 23 heavy (non-hydrogen) atoms. The topological polar surface area (TPSA) is 97.5 Å². The predicted octanol–water partition coefficient (Wildman–Crippen LogP) is 1.03. The Morgan fingerprint density at radius 2 is 2.00 bits per heavy atom. The number of rotatable bonds is 7. The number of hydrogen-bond donors (Lipinski definition) is 1. The van der Waals surface area contributed by atoms with Crippen LogP contribution in [0, 0.1) is 0 Å². The molecule has 0 spiro atoms. The van der Waals surface area contributed by atoms with Crippen molar-refractivity contribution >= 4 is 11.9 Å². The highest BCUT2D eigenvalue weighted by molar-refractivity contribution is 5.84. The van der Waals surface area contributed by atoms with Gasteiger partial charge in [-0.2, -0.15) is 0 Å². The van der Waals surface area contributed by atoms with E-state index in [1.165, 1.54) is 15.8 Å². The largest absolute Gasteiger partial charge is 0.494 e. The molecule has 2 aromatic rings. The molecule has 0 bridgehead atoms. The van der Waals surface area contributed by atoms with Crippen LogP contribution in [-0.4, -0.2) is 50.5 Å². The van der Waals surface area contributed by atoms with Crippen LogP contribution in [0.25, 0.3) is 0 Å². The van der Waals surface area contributed by atoms with Crippen LogP contribution in [0.5, 0.6) is 5.75 Å². The van der Waals surface area contributed by atoms with Gasteiger partial charge in [0.15, 0.2) is 5.69 Å². The maximum absolute atomic E-state index is 12.1. The Bertz CT molecular complexity index is 681. The summed E-state index contributed by atoms with van der Waals surface area (Å²) in [6.45, 7) is 2.90. The molecule has 1 aromatic heterocycles. The van der Waals surface area contributed by atoms with Crippen molar-refractivity contribution in [1.29, 1.82) is 0 Å². The summed E-state index contributed by atoms with van der Waals surface area (Å²) in [7, 11) is 1.67. The molecule has 2 rings (SSSR count). The number of ether oxygens (including phenoxy) is 1. The maximum Gasteiger partial charge on any atom is 0.358 e. The number of amides is 1. The summed E-state index contributed by atoms with van der Waals surface area (Å²) < 4.78 is 6.58. The SMILES string of the molecule is CCOc1ccc(CN(C)C(=O)Cn2cc(C(=O)O)nn2)cc1. The van der Waals surface area contributed by atoms with Crippen molar-refractivity contribution in [3.05, 3.63) is 41.7 Å². The highest BCUT2D eigenvalue weighted by Gasteiger charge is 2.14. The second kappa shape index (κ2) is 7.39. The van der Waals surface area contributed by atoms with E-state index >= 15 is 0 Å². The Kier molecular flexibility index (Phi) is 5.29. The van der Waals surface area contributed by atoms with Crippen LogP contribution >= 0.6 is 0 Å². The second-order valence-corrected chi connectivity index (χ2v) is 4.93. The lowest BCUT2D eigenvalue weighted by atomic mass is 10.2. The lowest BCUT2D eigenvalue weighted by Crippen LogP contribution is -2.30. The number of aromatic carboxylic acids is 1. The molecule has 0 fully saturated rings. The first kappa shape index (κ1) is 16.5. The van der Waals surface area contributed by atoms with E-state index in [2.05, 4.69) is 10.3 Å². The van der Waals surface area contributed by atoms with Gasteiger partial charge in [0, 0.05) is 13.6 Å². The van der Waals surface area contributed by atoms with Crippen molar-refractivity contribution in [2.45, 2.75) is 20.0 Å². The number of aromatic nitrogens is 3. The molecule has 0 aliphatic carbocycles. The molecule has 1 N–H and O–H groups in total. The minimum Gasteiger partial charge on any atom is -0.494 e. The number of carbonyl (C=O) groups excluding carboxylic acids is 1. The van der Waals surface area contributed by atoms with Crippen molar-refractivity contribution in [2.24, 2.45) is 0 Å². The second-order valence-electron chi connectivity index (χ2n) is 4.93. The van der Waals surface area contributed by atoms with E-state index in [1.54, 1.807) is 7.05 Å². The van der Waals surface area contributed by atoms with E-state index in [0.29, 0.717) is 13.2 Å². The van der Waals surface area contributed by atoms with Crippen molar-refractivity contribution in [2.75, 3.05) is 13.7 Å². The summed E-state index contributed by atoms with van der Waals surface area (Å²) in [6, 6.07) is 7.50. The molecule has 0 unspecified atom stereocenters. The highest BCUT2D eigenvalue weighted by atomic mass is 16.5. The molecule has 0 aliphatic rings. The summed E-state index contributed by atoms with van der Waals surface area (Å²) >= 11 is 0. The van der Waals surface area contributed by atoms with Gasteiger partial charge in [-0.1, -0.05) is 17.3 Å². The standard InChI is InChI=1S/C15H18N4O4/c1-3-23-12-6-4-11(5-7-12)8-18(2)14(20)10-19-9-13(15(21)22)16-17-19/h4-7,9H,3,8,10H2,1-2H3,(H,21,22). The van der Waals surface area contributed by atoms with Gasteiger partial charge < -0.3 is 14.7 Å². The van der Waals surface area contributed by atoms with Crippen LogP contribution in [0.1, 0.15) is 23.0 Å². The third-order valence-corrected chi connectivity index (χ3v) is 3.13. The fourth-order valence-corrected chi connectivity index (χ4v) is 1.95. The van der Waals surface area contributed by atoms with Crippen LogP contribution < -0.4 is 4.74 Å². The van der Waals surface area contributed by atoms with E-state index in [9.17, 15) is 9.59 Å². The average molecular weight is 318 g/mol. The van der Waals surface area contributed by atoms with E-state index in [4.69, 9.17) is 9.84 Å². The van der Waals surface area contributed by atoms with Gasteiger partial charge in [0.25, 0.3) is 0 Å². The molecule has 1 heterocycles. The van der Waals surface area contributed by atoms with Crippen LogP contribution in [0.15, 0.2) is 30.5 Å². The molecule has 8 heteroatoms. The third-order valence-electron chi connectivity index (χ3n) is 3.13. The van der Waals surface area contributed by atoms with Crippen LogP contribution in [-0.2, 0) is 17.9 Å². The van der Waals surface area contributed by atoms with Gasteiger partial charge in [0.1, 0.15) is 12.3 Å². The van der Waals surface area contributed by atoms with Gasteiger partial charge in [0.2, 0.25) is 5.91 Å². The normalized spacial score (nSPS) is 10.3. The fraction of sp³-hybridized carbons (Fsp3) is 0.333. The quantitative estimate of drug-likeness (QED) is 0.819. The zero-order valence-corrected chi connectivity index (χ0v) is 13.0. The van der Waals surface area contributed by atoms with E-state index in [0.717, 1.165) is 11.3 Å². The summed E-state index contributed by atoms with van der Waals surface area (Å²) in [6.07, 6.45) is 1.23. The summed E-state index contributed by atoms with van der Waals surface area (Å²) in [4.78, 5) is 24.4. The molecule has 0 saturated heterocycles. The highest BCUT2D eigenvalue weighted by Crippen LogP contribution is 2.13. The number of benzene rings is 1. The van der Waals surface area contributed by atoms with Gasteiger partial charge >= 0.3 is 5.97 Å². The lowest BCUT2D eigenvalue weighted by Gasteiger charge is -2.17. The fourth-order valence-electron chi connectivity index (χ4n) is 1.95. The smallest absolute Gasteiger partial charge is 0.358 e. The zero-order valence-electron chi connectivity index (χ0n) is 13.0. The Balaban J connectivity index is 1.92. The van der Waals surface area contributed by atoms with Crippen LogP contribution in [0.3, 0.4) is 0 Å². The Hall–Kier alpha value is -2.90. The van der Waals surface area contributed by atoms with Gasteiger partial charge in [-0.25, -0.2) is 9.48 Å². The van der Waals surface area contributed by atoms with E-state index in [1.807, 2.05) is 31.2 Å². The Labute approximate surface area is 133 Å². The minimum absolute atomic E-state index is 0.0617. The average Bonchev–Trinajstić information content (AvgIpc) is 2.98. The summed E-state index contributed by atoms with van der Waals surface area (Å²) in [5, 5.41) is 15.9. The maximum atomic E-state index is 12.1. The Morgan fingerprint density at radius 1 is 1.30 bits per heavy atom. The van der Waals surface area contributed by atoms with Crippen molar-refractivity contribution in [3.8, 4) is 5.75 Å². The van der Waals surface area contributed by atoms with Crippen molar-refractivity contribution in [3.63, 3.8) is 0 Å². The molecule has 0 saturated carbocycles. The molecule has 1 amide bonds. The lowest BCUT2D eigenvalue weighted by molar-refractivity contribution is -0.131. The minimum atomic E-state index is -1.17. The van der Waals surface area contributed by atoms with Crippen molar-refractivity contribution in [1.82, 2.24) is 19.9 Å². The zero-order chi connectivity index (χ0) is 16.8. The molecule has 0 radical (unpaired) electrons. The first-order chi connectivity index (χ1) is 11.0. The molecule has 0 aliphatic heterocycles. The summed E-state index contributed by atoms with van der Waals surface area (Å²) in [5.41, 5.74) is 0.779. The van der Waals surface area contributed by atoms with Crippen LogP contribution in [0.4, 0.5) is 0 Å². The first-order valence-electron chi connectivity index (χ1n) is 7.08. The molecule has 0 atom stereocenters. The van der Waals surface area contributed by atoms with Crippen LogP contribution in [0.2, 0.25) is 0 Å². The number of likely N-dealkylation sites (N-methyl/N-ethyl adjacent to an activating group) is 1. The van der Waals surface area contributed by atoms with Gasteiger partial charge in [-0.3, -0.25) is 4.79 Å². The predicted molar refractivity (Wildman–Crippen MR) is 81.1 cm³/mol. The molecular formula is C15H18N4O4. The number of carboxylic acid groups (broad SMARTS) is 1. The monoisotopic (exact) mass is 318 g/mol. The van der Waals surface area contributed by atoms with Gasteiger partial charge in [-0.15, -0.1) is 5.10 Å². The number of hydrogen-bond acceptors (Lipinski definition) is 5. The summed E-state index contributed by atoms with van der Waals surface area (Å²) in [5.74, 6) is -0.582. The number of nitrogens with zero attached hydrogens (tertiary/aromatic N) is 4. The molecule has 122 valence electrons. The molecule has 8 nitrogen and oxygen atoms in total. The van der Waals surface area contributed by atoms with E-state index in [-0.39, 0.29) is 18.1 Å². The first-order valence-corrected chi connectivity index (χ1v) is 7.08. The van der Waals surface area contributed by atoms with E-state index < -0.39 is 5.97 Å².